The lowest BCUT2D eigenvalue weighted by Crippen LogP contribution is -2.23. The fraction of sp³-hybridized carbons (Fsp3) is 0.471. The smallest absolute Gasteiger partial charge is 0.119 e. The lowest BCUT2D eigenvalue weighted by atomic mass is 10.0. The van der Waals surface area contributed by atoms with Crippen molar-refractivity contribution in [3.8, 4) is 17.0 Å². The molecule has 0 amide bonds. The van der Waals surface area contributed by atoms with E-state index < -0.39 is 0 Å². The summed E-state index contributed by atoms with van der Waals surface area (Å²) in [5.41, 5.74) is 4.79. The number of rotatable bonds is 6. The van der Waals surface area contributed by atoms with Crippen LogP contribution in [0.5, 0.6) is 5.75 Å². The molecule has 4 nitrogen and oxygen atoms in total. The van der Waals surface area contributed by atoms with Crippen LogP contribution in [0.2, 0.25) is 0 Å². The van der Waals surface area contributed by atoms with Gasteiger partial charge in [0.05, 0.1) is 12.3 Å². The third-order valence-corrected chi connectivity index (χ3v) is 3.95. The van der Waals surface area contributed by atoms with Gasteiger partial charge in [-0.15, -0.1) is 0 Å². The average molecular weight is 285 g/mol. The molecule has 2 heterocycles. The van der Waals surface area contributed by atoms with E-state index in [1.807, 2.05) is 12.1 Å². The van der Waals surface area contributed by atoms with Crippen LogP contribution in [0.1, 0.15) is 37.4 Å². The highest BCUT2D eigenvalue weighted by Crippen LogP contribution is 2.27. The standard InChI is InChI=1S/C17H23N3O/c1-2-3-4-11-21-14-7-5-13(6-8-14)17-15-12-18-10-9-16(15)19-20-17/h5-8,18H,2-4,9-12H2,1H3,(H,19,20). The number of ether oxygens (including phenoxy) is 1. The monoisotopic (exact) mass is 285 g/mol. The molecule has 1 aromatic heterocycles. The van der Waals surface area contributed by atoms with Crippen molar-refractivity contribution in [1.29, 1.82) is 0 Å². The molecule has 0 spiro atoms. The molecule has 21 heavy (non-hydrogen) atoms. The first-order valence-corrected chi connectivity index (χ1v) is 7.88. The predicted molar refractivity (Wildman–Crippen MR) is 84.5 cm³/mol. The second kappa shape index (κ2) is 6.76. The Morgan fingerprint density at radius 3 is 2.86 bits per heavy atom. The number of nitrogens with zero attached hydrogens (tertiary/aromatic N) is 1. The van der Waals surface area contributed by atoms with Crippen molar-refractivity contribution in [1.82, 2.24) is 15.5 Å². The molecular formula is C17H23N3O. The molecule has 1 aromatic carbocycles. The Morgan fingerprint density at radius 1 is 1.19 bits per heavy atom. The number of nitrogens with one attached hydrogen (secondary N) is 2. The Hall–Kier alpha value is -1.81. The van der Waals surface area contributed by atoms with E-state index in [0.717, 1.165) is 49.5 Å². The first kappa shape index (κ1) is 14.1. The van der Waals surface area contributed by atoms with Gasteiger partial charge in [-0.2, -0.15) is 5.10 Å². The Labute approximate surface area is 125 Å². The number of aromatic amines is 1. The van der Waals surface area contributed by atoms with E-state index in [9.17, 15) is 0 Å². The quantitative estimate of drug-likeness (QED) is 0.801. The fourth-order valence-corrected chi connectivity index (χ4v) is 2.72. The van der Waals surface area contributed by atoms with Crippen LogP contribution in [-0.2, 0) is 13.0 Å². The third kappa shape index (κ3) is 3.27. The van der Waals surface area contributed by atoms with Gasteiger partial charge in [0.2, 0.25) is 0 Å². The minimum atomic E-state index is 0.801. The summed E-state index contributed by atoms with van der Waals surface area (Å²) in [5.74, 6) is 0.942. The highest BCUT2D eigenvalue weighted by molar-refractivity contribution is 5.65. The Kier molecular flexibility index (Phi) is 4.55. The SMILES string of the molecule is CCCCCOc1ccc(-c2n[nH]c3c2CNCC3)cc1. The fourth-order valence-electron chi connectivity index (χ4n) is 2.72. The minimum Gasteiger partial charge on any atom is -0.494 e. The molecule has 2 N–H and O–H groups in total. The zero-order valence-corrected chi connectivity index (χ0v) is 12.6. The molecule has 0 fully saturated rings. The molecular weight excluding hydrogens is 262 g/mol. The summed E-state index contributed by atoms with van der Waals surface area (Å²) in [4.78, 5) is 0. The van der Waals surface area contributed by atoms with E-state index in [4.69, 9.17) is 4.74 Å². The molecule has 0 radical (unpaired) electrons. The number of hydrogen-bond acceptors (Lipinski definition) is 3. The van der Waals surface area contributed by atoms with Crippen molar-refractivity contribution in [3.05, 3.63) is 35.5 Å². The summed E-state index contributed by atoms with van der Waals surface area (Å²) in [6.07, 6.45) is 4.60. The van der Waals surface area contributed by atoms with E-state index in [0.29, 0.717) is 0 Å². The van der Waals surface area contributed by atoms with Crippen LogP contribution in [0.15, 0.2) is 24.3 Å². The van der Waals surface area contributed by atoms with Crippen LogP contribution < -0.4 is 10.1 Å². The van der Waals surface area contributed by atoms with Crippen LogP contribution in [0.3, 0.4) is 0 Å². The largest absolute Gasteiger partial charge is 0.494 e. The Bertz CT molecular complexity index is 574. The van der Waals surface area contributed by atoms with E-state index in [1.165, 1.54) is 24.1 Å². The minimum absolute atomic E-state index is 0.801. The van der Waals surface area contributed by atoms with Crippen LogP contribution >= 0.6 is 0 Å². The number of fused-ring (bicyclic) bond motifs is 1. The normalized spacial score (nSPS) is 14.0. The molecule has 112 valence electrons. The molecule has 2 aromatic rings. The van der Waals surface area contributed by atoms with Crippen LogP contribution in [-0.4, -0.2) is 23.3 Å². The van der Waals surface area contributed by atoms with Crippen LogP contribution in [0, 0.1) is 0 Å². The molecule has 3 rings (SSSR count). The first-order chi connectivity index (χ1) is 10.4. The van der Waals surface area contributed by atoms with E-state index >= 15 is 0 Å². The summed E-state index contributed by atoms with van der Waals surface area (Å²) in [6.45, 7) is 4.93. The number of unbranched alkanes of at least 4 members (excludes halogenated alkanes) is 2. The zero-order chi connectivity index (χ0) is 14.5. The number of benzene rings is 1. The van der Waals surface area contributed by atoms with Gasteiger partial charge in [0, 0.05) is 36.3 Å². The average Bonchev–Trinajstić information content (AvgIpc) is 2.96. The van der Waals surface area contributed by atoms with Crippen molar-refractivity contribution in [2.75, 3.05) is 13.2 Å². The molecule has 0 aliphatic carbocycles. The lowest BCUT2D eigenvalue weighted by molar-refractivity contribution is 0.306. The lowest BCUT2D eigenvalue weighted by Gasteiger charge is -2.13. The van der Waals surface area contributed by atoms with Gasteiger partial charge in [-0.25, -0.2) is 0 Å². The van der Waals surface area contributed by atoms with Crippen molar-refractivity contribution in [2.24, 2.45) is 0 Å². The second-order valence-corrected chi connectivity index (χ2v) is 5.54. The molecule has 0 atom stereocenters. The van der Waals surface area contributed by atoms with Crippen LogP contribution in [0.25, 0.3) is 11.3 Å². The molecule has 0 unspecified atom stereocenters. The van der Waals surface area contributed by atoms with E-state index in [-0.39, 0.29) is 0 Å². The maximum atomic E-state index is 5.75. The maximum Gasteiger partial charge on any atom is 0.119 e. The molecule has 0 bridgehead atoms. The summed E-state index contributed by atoms with van der Waals surface area (Å²) in [5, 5.41) is 11.0. The van der Waals surface area contributed by atoms with Crippen LogP contribution in [0.4, 0.5) is 0 Å². The van der Waals surface area contributed by atoms with Gasteiger partial charge in [-0.3, -0.25) is 5.10 Å². The number of hydrogen-bond donors (Lipinski definition) is 2. The van der Waals surface area contributed by atoms with Gasteiger partial charge in [0.25, 0.3) is 0 Å². The molecule has 4 heteroatoms. The third-order valence-electron chi connectivity index (χ3n) is 3.95. The van der Waals surface area contributed by atoms with Gasteiger partial charge in [0.15, 0.2) is 0 Å². The summed E-state index contributed by atoms with van der Waals surface area (Å²) in [7, 11) is 0. The van der Waals surface area contributed by atoms with Crippen molar-refractivity contribution < 1.29 is 4.74 Å². The molecule has 1 aliphatic heterocycles. The maximum absolute atomic E-state index is 5.75. The van der Waals surface area contributed by atoms with Gasteiger partial charge in [-0.05, 0) is 30.7 Å². The number of aromatic nitrogens is 2. The molecule has 0 saturated carbocycles. The first-order valence-electron chi connectivity index (χ1n) is 7.88. The molecule has 1 aliphatic rings. The Morgan fingerprint density at radius 2 is 2.05 bits per heavy atom. The van der Waals surface area contributed by atoms with Crippen molar-refractivity contribution in [2.45, 2.75) is 39.2 Å². The molecule has 0 saturated heterocycles. The summed E-state index contributed by atoms with van der Waals surface area (Å²) >= 11 is 0. The van der Waals surface area contributed by atoms with Gasteiger partial charge >= 0.3 is 0 Å². The van der Waals surface area contributed by atoms with Gasteiger partial charge < -0.3 is 10.1 Å². The van der Waals surface area contributed by atoms with Crippen molar-refractivity contribution in [3.63, 3.8) is 0 Å². The highest BCUT2D eigenvalue weighted by Gasteiger charge is 2.17. The summed E-state index contributed by atoms with van der Waals surface area (Å²) in [6, 6.07) is 8.28. The van der Waals surface area contributed by atoms with Gasteiger partial charge in [-0.1, -0.05) is 19.8 Å². The van der Waals surface area contributed by atoms with E-state index in [1.54, 1.807) is 0 Å². The summed E-state index contributed by atoms with van der Waals surface area (Å²) < 4.78 is 5.75. The number of H-pyrrole nitrogens is 1. The van der Waals surface area contributed by atoms with E-state index in [2.05, 4.69) is 34.6 Å². The second-order valence-electron chi connectivity index (χ2n) is 5.54. The predicted octanol–water partition coefficient (Wildman–Crippen LogP) is 3.29. The topological polar surface area (TPSA) is 49.9 Å². The van der Waals surface area contributed by atoms with Gasteiger partial charge in [0.1, 0.15) is 5.75 Å². The van der Waals surface area contributed by atoms with Crippen molar-refractivity contribution >= 4 is 0 Å². The Balaban J connectivity index is 1.68. The zero-order valence-electron chi connectivity index (χ0n) is 12.6. The highest BCUT2D eigenvalue weighted by atomic mass is 16.5.